The van der Waals surface area contributed by atoms with Gasteiger partial charge < -0.3 is 9.84 Å². The number of hydrogen-bond acceptors (Lipinski definition) is 3. The predicted octanol–water partition coefficient (Wildman–Crippen LogP) is 1.85. The number of rotatable bonds is 5. The highest BCUT2D eigenvalue weighted by Crippen LogP contribution is 2.31. The van der Waals surface area contributed by atoms with E-state index in [4.69, 9.17) is 9.84 Å². The van der Waals surface area contributed by atoms with Crippen molar-refractivity contribution < 1.29 is 19.4 Å². The zero-order valence-corrected chi connectivity index (χ0v) is 9.61. The van der Waals surface area contributed by atoms with Gasteiger partial charge in [0, 0.05) is 5.57 Å². The second-order valence-corrected chi connectivity index (χ2v) is 4.33. The van der Waals surface area contributed by atoms with Crippen LogP contribution in [0.5, 0.6) is 0 Å². The number of ether oxygens (including phenoxy) is 1. The van der Waals surface area contributed by atoms with E-state index in [2.05, 4.69) is 0 Å². The maximum absolute atomic E-state index is 11.1. The lowest BCUT2D eigenvalue weighted by Gasteiger charge is -2.26. The number of hydrogen-bond donors (Lipinski definition) is 1. The van der Waals surface area contributed by atoms with E-state index in [0.29, 0.717) is 12.9 Å². The van der Waals surface area contributed by atoms with Crippen molar-refractivity contribution in [3.63, 3.8) is 0 Å². The molecule has 15 heavy (non-hydrogen) atoms. The van der Waals surface area contributed by atoms with Crippen LogP contribution in [0.15, 0.2) is 11.8 Å². The highest BCUT2D eigenvalue weighted by Gasteiger charge is 2.34. The van der Waals surface area contributed by atoms with Crippen molar-refractivity contribution in [1.29, 1.82) is 0 Å². The molecule has 0 aliphatic rings. The van der Waals surface area contributed by atoms with Gasteiger partial charge in [0.1, 0.15) is 6.29 Å². The molecule has 0 aromatic carbocycles. The van der Waals surface area contributed by atoms with Gasteiger partial charge >= 0.3 is 5.97 Å². The standard InChI is InChI=1S/C11H18O4/c1-5-15-7-8(6-12)9(10(13)14)11(2,3)4/h6-7,9H,5H2,1-4H3,(H,13,14)/t9-/m0/s1. The van der Waals surface area contributed by atoms with E-state index in [9.17, 15) is 9.59 Å². The van der Waals surface area contributed by atoms with Crippen LogP contribution < -0.4 is 0 Å². The number of carbonyl (C=O) groups excluding carboxylic acids is 1. The molecule has 4 nitrogen and oxygen atoms in total. The van der Waals surface area contributed by atoms with Gasteiger partial charge in [0.15, 0.2) is 0 Å². The van der Waals surface area contributed by atoms with Crippen LogP contribution in [0, 0.1) is 11.3 Å². The fraction of sp³-hybridized carbons (Fsp3) is 0.636. The van der Waals surface area contributed by atoms with Gasteiger partial charge in [-0.05, 0) is 12.3 Å². The number of aliphatic carboxylic acids is 1. The number of carboxylic acids is 1. The normalized spacial score (nSPS) is 14.5. The Balaban J connectivity index is 5.05. The Hall–Kier alpha value is -1.32. The first kappa shape index (κ1) is 13.7. The van der Waals surface area contributed by atoms with Crippen LogP contribution in [-0.4, -0.2) is 24.0 Å². The summed E-state index contributed by atoms with van der Waals surface area (Å²) in [5.41, 5.74) is -0.354. The summed E-state index contributed by atoms with van der Waals surface area (Å²) in [4.78, 5) is 21.8. The third-order valence-electron chi connectivity index (χ3n) is 1.97. The van der Waals surface area contributed by atoms with E-state index >= 15 is 0 Å². The maximum atomic E-state index is 11.1. The molecule has 0 aliphatic carbocycles. The van der Waals surface area contributed by atoms with Gasteiger partial charge in [-0.15, -0.1) is 0 Å². The molecular formula is C11H18O4. The van der Waals surface area contributed by atoms with Gasteiger partial charge in [-0.25, -0.2) is 0 Å². The Morgan fingerprint density at radius 3 is 2.27 bits per heavy atom. The summed E-state index contributed by atoms with van der Waals surface area (Å²) in [5, 5.41) is 9.05. The fourth-order valence-electron chi connectivity index (χ4n) is 1.36. The van der Waals surface area contributed by atoms with Crippen molar-refractivity contribution in [2.24, 2.45) is 11.3 Å². The predicted molar refractivity (Wildman–Crippen MR) is 56.4 cm³/mol. The first-order valence-corrected chi connectivity index (χ1v) is 4.84. The topological polar surface area (TPSA) is 63.6 Å². The average molecular weight is 214 g/mol. The SMILES string of the molecule is CCOC=C(C=O)[C@@H](C(=O)O)C(C)(C)C. The van der Waals surface area contributed by atoms with E-state index in [1.807, 2.05) is 0 Å². The third kappa shape index (κ3) is 4.14. The third-order valence-corrected chi connectivity index (χ3v) is 1.97. The minimum atomic E-state index is -1.01. The van der Waals surface area contributed by atoms with Crippen molar-refractivity contribution in [2.75, 3.05) is 6.61 Å². The monoisotopic (exact) mass is 214 g/mol. The molecule has 0 aromatic rings. The van der Waals surface area contributed by atoms with Crippen molar-refractivity contribution >= 4 is 12.3 Å². The zero-order chi connectivity index (χ0) is 12.1. The van der Waals surface area contributed by atoms with Gasteiger partial charge in [0.05, 0.1) is 18.8 Å². The molecule has 0 aliphatic heterocycles. The Bertz CT molecular complexity index is 260. The average Bonchev–Trinajstić information content (AvgIpc) is 2.08. The summed E-state index contributed by atoms with van der Waals surface area (Å²) < 4.78 is 4.96. The minimum Gasteiger partial charge on any atom is -0.501 e. The lowest BCUT2D eigenvalue weighted by molar-refractivity contribution is -0.144. The minimum absolute atomic E-state index is 0.164. The molecule has 0 heterocycles. The lowest BCUT2D eigenvalue weighted by atomic mass is 9.77. The lowest BCUT2D eigenvalue weighted by Crippen LogP contribution is -2.30. The molecule has 1 atom stereocenters. The Labute approximate surface area is 89.9 Å². The van der Waals surface area contributed by atoms with Crippen molar-refractivity contribution in [2.45, 2.75) is 27.7 Å². The smallest absolute Gasteiger partial charge is 0.311 e. The second kappa shape index (κ2) is 5.53. The maximum Gasteiger partial charge on any atom is 0.311 e. The van der Waals surface area contributed by atoms with Crippen LogP contribution in [0.2, 0.25) is 0 Å². The summed E-state index contributed by atoms with van der Waals surface area (Å²) in [6.07, 6.45) is 1.77. The molecule has 0 amide bonds. The van der Waals surface area contributed by atoms with E-state index in [1.54, 1.807) is 27.7 Å². The van der Waals surface area contributed by atoms with Crippen LogP contribution in [0.1, 0.15) is 27.7 Å². The molecule has 0 saturated heterocycles. The van der Waals surface area contributed by atoms with Crippen LogP contribution in [0.3, 0.4) is 0 Å². The highest BCUT2D eigenvalue weighted by molar-refractivity contribution is 5.86. The van der Waals surface area contributed by atoms with Gasteiger partial charge in [0.25, 0.3) is 0 Å². The largest absolute Gasteiger partial charge is 0.501 e. The Morgan fingerprint density at radius 2 is 2.00 bits per heavy atom. The molecule has 0 radical (unpaired) electrons. The molecule has 0 saturated carbocycles. The molecular weight excluding hydrogens is 196 g/mol. The molecule has 0 bridgehead atoms. The molecule has 0 fully saturated rings. The van der Waals surface area contributed by atoms with Crippen molar-refractivity contribution in [1.82, 2.24) is 0 Å². The van der Waals surface area contributed by atoms with Crippen LogP contribution in [-0.2, 0) is 14.3 Å². The molecule has 0 unspecified atom stereocenters. The van der Waals surface area contributed by atoms with E-state index < -0.39 is 17.3 Å². The number of aldehydes is 1. The van der Waals surface area contributed by atoms with Crippen LogP contribution in [0.25, 0.3) is 0 Å². The summed E-state index contributed by atoms with van der Waals surface area (Å²) in [6.45, 7) is 7.50. The quantitative estimate of drug-likeness (QED) is 0.431. The first-order valence-electron chi connectivity index (χ1n) is 4.84. The van der Waals surface area contributed by atoms with Gasteiger partial charge in [-0.2, -0.15) is 0 Å². The summed E-state index contributed by atoms with van der Waals surface area (Å²) >= 11 is 0. The van der Waals surface area contributed by atoms with Gasteiger partial charge in [-0.1, -0.05) is 20.8 Å². The van der Waals surface area contributed by atoms with E-state index in [1.165, 1.54) is 6.26 Å². The Morgan fingerprint density at radius 1 is 1.47 bits per heavy atom. The van der Waals surface area contributed by atoms with Crippen molar-refractivity contribution in [3.05, 3.63) is 11.8 Å². The summed E-state index contributed by atoms with van der Waals surface area (Å²) in [6, 6.07) is 0. The molecule has 1 N–H and O–H groups in total. The van der Waals surface area contributed by atoms with E-state index in [0.717, 1.165) is 0 Å². The Kier molecular flexibility index (Phi) is 5.05. The summed E-state index contributed by atoms with van der Waals surface area (Å²) in [5.74, 6) is -1.86. The second-order valence-electron chi connectivity index (χ2n) is 4.33. The van der Waals surface area contributed by atoms with E-state index in [-0.39, 0.29) is 5.57 Å². The molecule has 0 rings (SSSR count). The zero-order valence-electron chi connectivity index (χ0n) is 9.61. The van der Waals surface area contributed by atoms with Crippen molar-refractivity contribution in [3.8, 4) is 0 Å². The van der Waals surface area contributed by atoms with Crippen LogP contribution in [0.4, 0.5) is 0 Å². The molecule has 4 heteroatoms. The van der Waals surface area contributed by atoms with Gasteiger partial charge in [0.2, 0.25) is 0 Å². The molecule has 0 spiro atoms. The highest BCUT2D eigenvalue weighted by atomic mass is 16.5. The van der Waals surface area contributed by atoms with Crippen LogP contribution >= 0.6 is 0 Å². The van der Waals surface area contributed by atoms with Gasteiger partial charge in [-0.3, -0.25) is 9.59 Å². The number of carboxylic acid groups (broad SMARTS) is 1. The molecule has 86 valence electrons. The fourth-order valence-corrected chi connectivity index (χ4v) is 1.36. The summed E-state index contributed by atoms with van der Waals surface area (Å²) in [7, 11) is 0. The first-order chi connectivity index (χ1) is 6.84. The number of carbonyl (C=O) groups is 2. The molecule has 0 aromatic heterocycles.